The predicted octanol–water partition coefficient (Wildman–Crippen LogP) is 8.59. The maximum atomic E-state index is 15.7. The van der Waals surface area contributed by atoms with Crippen LogP contribution in [0.2, 0.25) is 5.02 Å². The normalized spacial score (nSPS) is 22.2. The van der Waals surface area contributed by atoms with Crippen LogP contribution in [0.15, 0.2) is 41.2 Å². The minimum atomic E-state index is -4.03. The number of sulfonamides is 1. The van der Waals surface area contributed by atoms with Crippen LogP contribution < -0.4 is 15.6 Å². The minimum Gasteiger partial charge on any atom is -0.373 e. The lowest BCUT2D eigenvalue weighted by Crippen LogP contribution is -2.46. The van der Waals surface area contributed by atoms with Gasteiger partial charge in [0.2, 0.25) is 21.9 Å². The first kappa shape index (κ1) is 50.8. The number of alkyl halides is 6. The molecule has 2 saturated carbocycles. The summed E-state index contributed by atoms with van der Waals surface area (Å²) in [5.74, 6) is -12.8. The Morgan fingerprint density at radius 1 is 0.945 bits per heavy atom. The Morgan fingerprint density at radius 2 is 1.63 bits per heavy atom. The zero-order valence-corrected chi connectivity index (χ0v) is 41.3. The Hall–Kier alpha value is -5.72. The second-order valence-corrected chi connectivity index (χ2v) is 22.0. The Labute approximate surface area is 417 Å². The second kappa shape index (κ2) is 18.6. The number of nitrogens with zero attached hydrogens (tertiary/aromatic N) is 8. The fourth-order valence-electron chi connectivity index (χ4n) is 11.1. The molecule has 25 heteroatoms. The number of nitrogens with one attached hydrogen (secondary N) is 2. The molecule has 3 aliphatic carbocycles. The molecule has 6 aromatic rings. The molecule has 4 aliphatic rings. The number of fused-ring (bicyclic) bond motifs is 5. The number of pyridine rings is 1. The first-order valence-corrected chi connectivity index (χ1v) is 26.0. The molecule has 5 heterocycles. The zero-order chi connectivity index (χ0) is 52.2. The number of hydrogen-bond donors (Lipinski definition) is 2. The predicted molar refractivity (Wildman–Crippen MR) is 252 cm³/mol. The molecule has 1 aliphatic heterocycles. The topological polar surface area (TPSA) is 171 Å². The monoisotopic (exact) mass is 1060 g/mol. The van der Waals surface area contributed by atoms with Gasteiger partial charge in [-0.3, -0.25) is 33.1 Å². The van der Waals surface area contributed by atoms with Gasteiger partial charge in [-0.15, -0.1) is 0 Å². The Morgan fingerprint density at radius 3 is 2.29 bits per heavy atom. The van der Waals surface area contributed by atoms with Gasteiger partial charge in [-0.25, -0.2) is 44.7 Å². The first-order chi connectivity index (χ1) is 34.4. The Kier molecular flexibility index (Phi) is 12.9. The largest absolute Gasteiger partial charge is 0.373 e. The van der Waals surface area contributed by atoms with Crippen molar-refractivity contribution in [1.82, 2.24) is 44.3 Å². The maximum absolute atomic E-state index is 15.7. The summed E-state index contributed by atoms with van der Waals surface area (Å²) in [6.07, 6.45) is -3.90. The number of anilines is 1. The summed E-state index contributed by atoms with van der Waals surface area (Å²) in [6.45, 7) is 5.88. The highest BCUT2D eigenvalue weighted by Crippen LogP contribution is 2.68. The van der Waals surface area contributed by atoms with Gasteiger partial charge in [0.15, 0.2) is 11.5 Å². The van der Waals surface area contributed by atoms with E-state index in [1.165, 1.54) is 16.8 Å². The van der Waals surface area contributed by atoms with Crippen molar-refractivity contribution < 1.29 is 53.1 Å². The van der Waals surface area contributed by atoms with Gasteiger partial charge < -0.3 is 10.1 Å². The average Bonchev–Trinajstić information content (AvgIpc) is 3.80. The van der Waals surface area contributed by atoms with Crippen molar-refractivity contribution in [2.45, 2.75) is 121 Å². The molecule has 0 unspecified atom stereocenters. The minimum absolute atomic E-state index is 0.00175. The molecule has 2 aromatic carbocycles. The molecule has 5 atom stereocenters. The summed E-state index contributed by atoms with van der Waals surface area (Å²) in [5, 5.41) is 11.1. The quantitative estimate of drug-likeness (QED) is 0.101. The number of ether oxygens (including phenoxy) is 1. The molecule has 3 fully saturated rings. The molecular formula is C48H49ClF8N10O5S. The third-order valence-corrected chi connectivity index (χ3v) is 15.0. The number of carbonyl (C=O) groups is 1. The number of aryl methyl sites for hydroxylation is 1. The van der Waals surface area contributed by atoms with Gasteiger partial charge in [0.25, 0.3) is 17.9 Å². The molecule has 0 bridgehead atoms. The van der Waals surface area contributed by atoms with Crippen LogP contribution in [0, 0.1) is 24.5 Å². The zero-order valence-electron chi connectivity index (χ0n) is 39.7. The molecule has 1 amide bonds. The van der Waals surface area contributed by atoms with Gasteiger partial charge in [0.05, 0.1) is 58.0 Å². The standard InChI is InChI=1S/C48H49ClF8N10O5S/c1-22-13-32(26-7-9-47(54,55)10-8-26)59-43-36(22)46(69)67(34-6-5-31(49)38-40(34)65(62-44(38)63-73(4,70)71)12-11-64-19-23(2)72-24(3)20-64)45(60-43)33(16-25-14-27(50)17-28(51)15-25)58-35(68)21-66-41-37(39(61-66)42(52)53)29-18-30(29)48(41,56)57/h5-6,13-15,17,23-24,26,29-30,33,42H,7-12,16,18-21H2,1-4H3,(H,58,68)(H,62,63)/t23-,24+,29-,30+,33-/m0/s1. The van der Waals surface area contributed by atoms with Crippen LogP contribution in [0.3, 0.4) is 0 Å². The third kappa shape index (κ3) is 9.79. The molecule has 4 aromatic heterocycles. The molecule has 10 rings (SSSR count). The van der Waals surface area contributed by atoms with E-state index in [-0.39, 0.29) is 93.4 Å². The van der Waals surface area contributed by atoms with E-state index in [0.29, 0.717) is 41.6 Å². The number of benzene rings is 2. The summed E-state index contributed by atoms with van der Waals surface area (Å²) in [7, 11) is -4.03. The van der Waals surface area contributed by atoms with E-state index in [9.17, 15) is 30.8 Å². The molecule has 2 N–H and O–H groups in total. The summed E-state index contributed by atoms with van der Waals surface area (Å²) < 4.78 is 156. The highest BCUT2D eigenvalue weighted by Gasteiger charge is 2.67. The van der Waals surface area contributed by atoms with Gasteiger partial charge in [-0.2, -0.15) is 19.0 Å². The van der Waals surface area contributed by atoms with E-state index >= 15 is 22.4 Å². The molecule has 73 heavy (non-hydrogen) atoms. The van der Waals surface area contributed by atoms with Crippen LogP contribution in [-0.4, -0.2) is 97.3 Å². The van der Waals surface area contributed by atoms with Crippen molar-refractivity contribution in [1.29, 1.82) is 0 Å². The van der Waals surface area contributed by atoms with Crippen LogP contribution in [0.5, 0.6) is 0 Å². The van der Waals surface area contributed by atoms with Crippen molar-refractivity contribution in [2.24, 2.45) is 5.92 Å². The van der Waals surface area contributed by atoms with Gasteiger partial charge >= 0.3 is 0 Å². The van der Waals surface area contributed by atoms with Gasteiger partial charge in [0.1, 0.15) is 35.4 Å². The Bertz CT molecular complexity index is 3350. The molecule has 0 spiro atoms. The SMILES string of the molecule is Cc1cc(C2CCC(F)(F)CC2)nc2nc([C@H](Cc3cc(F)cc(F)c3)NC(=O)Cn3nc(C(F)F)c4c3C(F)(F)[C@@H]3C[C@H]43)n(-c3ccc(Cl)c4c(NS(C)(=O)=O)nn(CCN5C[C@@H](C)O[C@@H](C)C5)c34)c(=O)c12. The van der Waals surface area contributed by atoms with E-state index in [1.807, 2.05) is 13.8 Å². The highest BCUT2D eigenvalue weighted by molar-refractivity contribution is 7.92. The molecule has 390 valence electrons. The van der Waals surface area contributed by atoms with E-state index in [1.54, 1.807) is 13.0 Å². The lowest BCUT2D eigenvalue weighted by Gasteiger charge is -2.35. The lowest BCUT2D eigenvalue weighted by atomic mass is 9.84. The summed E-state index contributed by atoms with van der Waals surface area (Å²) >= 11 is 6.89. The van der Waals surface area contributed by atoms with Crippen molar-refractivity contribution in [3.05, 3.63) is 103 Å². The van der Waals surface area contributed by atoms with Crippen molar-refractivity contribution in [3.8, 4) is 5.69 Å². The van der Waals surface area contributed by atoms with E-state index in [2.05, 4.69) is 25.1 Å². The van der Waals surface area contributed by atoms with Crippen LogP contribution in [-0.2, 0) is 45.0 Å². The van der Waals surface area contributed by atoms with Crippen LogP contribution >= 0.6 is 11.6 Å². The molecule has 1 saturated heterocycles. The third-order valence-electron chi connectivity index (χ3n) is 14.2. The first-order valence-electron chi connectivity index (χ1n) is 23.7. The van der Waals surface area contributed by atoms with Crippen molar-refractivity contribution >= 4 is 55.3 Å². The molecule has 15 nitrogen and oxygen atoms in total. The Balaban J connectivity index is 1.18. The summed E-state index contributed by atoms with van der Waals surface area (Å²) in [5.41, 5.74) is -2.40. The molecular weight excluding hydrogens is 1020 g/mol. The van der Waals surface area contributed by atoms with Crippen LogP contribution in [0.25, 0.3) is 27.6 Å². The number of halogens is 9. The number of aromatic nitrogens is 7. The van der Waals surface area contributed by atoms with E-state index in [0.717, 1.165) is 23.0 Å². The number of hydrogen-bond acceptors (Lipinski definition) is 10. The highest BCUT2D eigenvalue weighted by atomic mass is 35.5. The number of carbonyl (C=O) groups excluding carboxylic acids is 1. The van der Waals surface area contributed by atoms with Crippen LogP contribution in [0.4, 0.5) is 40.9 Å². The molecule has 0 radical (unpaired) electrons. The average molecular weight is 1070 g/mol. The smallest absolute Gasteiger partial charge is 0.293 e. The van der Waals surface area contributed by atoms with Gasteiger partial charge in [0, 0.05) is 68.1 Å². The number of amides is 1. The van der Waals surface area contributed by atoms with E-state index < -0.39 is 112 Å². The fourth-order valence-corrected chi connectivity index (χ4v) is 11.8. The fraction of sp³-hybridized carbons (Fsp3) is 0.500. The summed E-state index contributed by atoms with van der Waals surface area (Å²) in [4.78, 5) is 41.8. The second-order valence-electron chi connectivity index (χ2n) is 19.8. The lowest BCUT2D eigenvalue weighted by molar-refractivity contribution is -0.123. The maximum Gasteiger partial charge on any atom is 0.293 e. The van der Waals surface area contributed by atoms with Gasteiger partial charge in [-0.05, 0) is 87.4 Å². The van der Waals surface area contributed by atoms with Crippen molar-refractivity contribution in [3.63, 3.8) is 0 Å². The summed E-state index contributed by atoms with van der Waals surface area (Å²) in [6, 6.07) is 5.29. The number of morpholine rings is 1. The van der Waals surface area contributed by atoms with Crippen LogP contribution in [0.1, 0.15) is 110 Å². The van der Waals surface area contributed by atoms with Gasteiger partial charge in [-0.1, -0.05) is 11.6 Å². The van der Waals surface area contributed by atoms with Crippen molar-refractivity contribution in [2.75, 3.05) is 30.6 Å². The number of rotatable bonds is 14. The van der Waals surface area contributed by atoms with E-state index in [4.69, 9.17) is 26.3 Å².